The molecule has 1 fully saturated rings. The first-order valence-electron chi connectivity index (χ1n) is 11.2. The van der Waals surface area contributed by atoms with Crippen LogP contribution in [0.15, 0.2) is 40.7 Å². The molecule has 1 aromatic heterocycles. The maximum Gasteiger partial charge on any atom is 0.242 e. The van der Waals surface area contributed by atoms with E-state index >= 15 is 0 Å². The van der Waals surface area contributed by atoms with Crippen LogP contribution in [0.3, 0.4) is 0 Å². The van der Waals surface area contributed by atoms with Gasteiger partial charge in [-0.15, -0.1) is 11.3 Å². The second-order valence-electron chi connectivity index (χ2n) is 8.79. The van der Waals surface area contributed by atoms with Gasteiger partial charge in [0.2, 0.25) is 5.91 Å². The molecule has 2 N–H and O–H groups in total. The van der Waals surface area contributed by atoms with Crippen molar-refractivity contribution in [3.63, 3.8) is 0 Å². The number of guanidine groups is 1. The standard InChI is InChI=1S/C24H30N4O2S/c1-25-23(26-15-22(29)28-12-8-21-17(16-28)9-13-31-21)27-19-14-24(10-4-5-11-24)30-20-7-3-2-6-18(19)20/h2-3,6-7,9,13,19H,4-5,8,10-12,14-16H2,1H3,(H2,25,26,27). The molecule has 2 aliphatic heterocycles. The van der Waals surface area contributed by atoms with Gasteiger partial charge in [-0.05, 0) is 55.2 Å². The number of aliphatic imine (C=N–C) groups is 1. The fourth-order valence-corrected chi connectivity index (χ4v) is 6.05. The van der Waals surface area contributed by atoms with Gasteiger partial charge in [-0.3, -0.25) is 9.79 Å². The Kier molecular flexibility index (Phi) is 5.61. The monoisotopic (exact) mass is 438 g/mol. The molecule has 3 heterocycles. The van der Waals surface area contributed by atoms with Crippen LogP contribution >= 0.6 is 11.3 Å². The number of nitrogens with one attached hydrogen (secondary N) is 2. The zero-order chi connectivity index (χ0) is 21.3. The molecule has 1 atom stereocenters. The molecule has 6 nitrogen and oxygen atoms in total. The molecule has 5 rings (SSSR count). The molecule has 1 saturated carbocycles. The molecule has 1 spiro atoms. The average molecular weight is 439 g/mol. The highest BCUT2D eigenvalue weighted by Crippen LogP contribution is 2.46. The Labute approximate surface area is 187 Å². The predicted molar refractivity (Wildman–Crippen MR) is 124 cm³/mol. The lowest BCUT2D eigenvalue weighted by Gasteiger charge is -2.40. The number of thiophene rings is 1. The maximum atomic E-state index is 12.8. The Morgan fingerprint density at radius 3 is 2.97 bits per heavy atom. The molecule has 7 heteroatoms. The van der Waals surface area contributed by atoms with E-state index in [4.69, 9.17) is 4.74 Å². The lowest BCUT2D eigenvalue weighted by molar-refractivity contribution is -0.130. The number of benzene rings is 1. The second-order valence-corrected chi connectivity index (χ2v) is 9.79. The van der Waals surface area contributed by atoms with E-state index in [1.807, 2.05) is 11.0 Å². The van der Waals surface area contributed by atoms with Gasteiger partial charge in [-0.25, -0.2) is 0 Å². The van der Waals surface area contributed by atoms with Crippen molar-refractivity contribution in [1.29, 1.82) is 0 Å². The van der Waals surface area contributed by atoms with Crippen LogP contribution in [0, 0.1) is 0 Å². The van der Waals surface area contributed by atoms with Crippen molar-refractivity contribution in [3.8, 4) is 5.75 Å². The maximum absolute atomic E-state index is 12.8. The number of rotatable bonds is 3. The number of carbonyl (C=O) groups excluding carboxylic acids is 1. The van der Waals surface area contributed by atoms with Gasteiger partial charge in [0.05, 0.1) is 12.6 Å². The topological polar surface area (TPSA) is 66.0 Å². The van der Waals surface area contributed by atoms with Gasteiger partial charge in [0.1, 0.15) is 11.4 Å². The second kappa shape index (κ2) is 8.54. The molecule has 0 saturated heterocycles. The van der Waals surface area contributed by atoms with Crippen LogP contribution in [-0.2, 0) is 17.8 Å². The van der Waals surface area contributed by atoms with Crippen LogP contribution in [-0.4, -0.2) is 42.5 Å². The van der Waals surface area contributed by atoms with Crippen molar-refractivity contribution in [2.24, 2.45) is 4.99 Å². The summed E-state index contributed by atoms with van der Waals surface area (Å²) in [6, 6.07) is 10.5. The van der Waals surface area contributed by atoms with E-state index in [9.17, 15) is 4.79 Å². The van der Waals surface area contributed by atoms with Crippen LogP contribution in [0.5, 0.6) is 5.75 Å². The van der Waals surface area contributed by atoms with Crippen LogP contribution in [0.1, 0.15) is 54.1 Å². The van der Waals surface area contributed by atoms with Gasteiger partial charge in [0.15, 0.2) is 5.96 Å². The normalized spacial score (nSPS) is 21.9. The summed E-state index contributed by atoms with van der Waals surface area (Å²) < 4.78 is 6.47. The number of hydrogen-bond donors (Lipinski definition) is 2. The SMILES string of the molecule is CN=C(NCC(=O)N1CCc2sccc2C1)NC1CC2(CCCC2)Oc2ccccc21. The summed E-state index contributed by atoms with van der Waals surface area (Å²) in [4.78, 5) is 20.6. The summed E-state index contributed by atoms with van der Waals surface area (Å²) in [6.45, 7) is 1.74. The van der Waals surface area contributed by atoms with E-state index in [0.29, 0.717) is 12.5 Å². The van der Waals surface area contributed by atoms with Gasteiger partial charge >= 0.3 is 0 Å². The predicted octanol–water partition coefficient (Wildman–Crippen LogP) is 3.63. The Morgan fingerprint density at radius 2 is 2.13 bits per heavy atom. The van der Waals surface area contributed by atoms with Gasteiger partial charge in [0, 0.05) is 37.0 Å². The van der Waals surface area contributed by atoms with Gasteiger partial charge in [-0.2, -0.15) is 0 Å². The largest absolute Gasteiger partial charge is 0.487 e. The molecule has 3 aliphatic rings. The van der Waals surface area contributed by atoms with Crippen LogP contribution < -0.4 is 15.4 Å². The number of hydrogen-bond acceptors (Lipinski definition) is 4. The minimum atomic E-state index is -0.0767. The zero-order valence-electron chi connectivity index (χ0n) is 18.0. The Balaban J connectivity index is 1.23. The molecule has 2 aromatic rings. The third-order valence-corrected chi connectivity index (χ3v) is 7.84. The van der Waals surface area contributed by atoms with E-state index in [1.54, 1.807) is 18.4 Å². The highest BCUT2D eigenvalue weighted by Gasteiger charge is 2.43. The van der Waals surface area contributed by atoms with E-state index in [1.165, 1.54) is 23.3 Å². The van der Waals surface area contributed by atoms with Crippen molar-refractivity contribution in [1.82, 2.24) is 15.5 Å². The van der Waals surface area contributed by atoms with Crippen LogP contribution in [0.4, 0.5) is 0 Å². The lowest BCUT2D eigenvalue weighted by Crippen LogP contribution is -2.49. The van der Waals surface area contributed by atoms with Crippen molar-refractivity contribution in [2.75, 3.05) is 20.1 Å². The average Bonchev–Trinajstić information content (AvgIpc) is 3.45. The Hall–Kier alpha value is -2.54. The number of ether oxygens (including phenoxy) is 1. The molecule has 164 valence electrons. The first kappa shape index (κ1) is 20.4. The summed E-state index contributed by atoms with van der Waals surface area (Å²) in [6.07, 6.45) is 6.52. The van der Waals surface area contributed by atoms with Gasteiger partial charge < -0.3 is 20.3 Å². The molecule has 31 heavy (non-hydrogen) atoms. The smallest absolute Gasteiger partial charge is 0.242 e. The van der Waals surface area contributed by atoms with Gasteiger partial charge in [-0.1, -0.05) is 18.2 Å². The molecule has 1 aromatic carbocycles. The summed E-state index contributed by atoms with van der Waals surface area (Å²) in [5.41, 5.74) is 2.37. The molecule has 1 aliphatic carbocycles. The van der Waals surface area contributed by atoms with Crippen molar-refractivity contribution in [3.05, 3.63) is 51.7 Å². The number of fused-ring (bicyclic) bond motifs is 2. The Bertz CT molecular complexity index is 979. The van der Waals surface area contributed by atoms with E-state index < -0.39 is 0 Å². The van der Waals surface area contributed by atoms with Gasteiger partial charge in [0.25, 0.3) is 0 Å². The minimum Gasteiger partial charge on any atom is -0.487 e. The molecular weight excluding hydrogens is 408 g/mol. The molecule has 0 radical (unpaired) electrons. The first-order chi connectivity index (χ1) is 15.2. The molecule has 0 bridgehead atoms. The zero-order valence-corrected chi connectivity index (χ0v) is 18.8. The molecule has 1 unspecified atom stereocenters. The third kappa shape index (κ3) is 4.15. The first-order valence-corrected chi connectivity index (χ1v) is 12.1. The lowest BCUT2D eigenvalue weighted by atomic mass is 9.86. The molecule has 1 amide bonds. The fraction of sp³-hybridized carbons (Fsp3) is 0.500. The number of para-hydroxylation sites is 1. The third-order valence-electron chi connectivity index (χ3n) is 6.81. The highest BCUT2D eigenvalue weighted by atomic mass is 32.1. The van der Waals surface area contributed by atoms with E-state index in [2.05, 4.69) is 45.3 Å². The number of amides is 1. The van der Waals surface area contributed by atoms with Crippen LogP contribution in [0.2, 0.25) is 0 Å². The van der Waals surface area contributed by atoms with E-state index in [-0.39, 0.29) is 24.1 Å². The van der Waals surface area contributed by atoms with E-state index in [0.717, 1.165) is 43.5 Å². The highest BCUT2D eigenvalue weighted by molar-refractivity contribution is 7.10. The van der Waals surface area contributed by atoms with Crippen molar-refractivity contribution < 1.29 is 9.53 Å². The van der Waals surface area contributed by atoms with Crippen LogP contribution in [0.25, 0.3) is 0 Å². The fourth-order valence-electron chi connectivity index (χ4n) is 5.16. The summed E-state index contributed by atoms with van der Waals surface area (Å²) in [5, 5.41) is 8.94. The summed E-state index contributed by atoms with van der Waals surface area (Å²) in [5.74, 6) is 1.75. The summed E-state index contributed by atoms with van der Waals surface area (Å²) in [7, 11) is 1.76. The summed E-state index contributed by atoms with van der Waals surface area (Å²) >= 11 is 1.79. The van der Waals surface area contributed by atoms with Crippen molar-refractivity contribution in [2.45, 2.75) is 56.7 Å². The Morgan fingerprint density at radius 1 is 1.29 bits per heavy atom. The number of nitrogens with zero attached hydrogens (tertiary/aromatic N) is 2. The van der Waals surface area contributed by atoms with Crippen molar-refractivity contribution >= 4 is 23.2 Å². The minimum absolute atomic E-state index is 0.0767. The quantitative estimate of drug-likeness (QED) is 0.567. The number of carbonyl (C=O) groups is 1. The molecular formula is C24H30N4O2S.